The van der Waals surface area contributed by atoms with Crippen LogP contribution >= 0.6 is 11.6 Å². The van der Waals surface area contributed by atoms with E-state index in [1.54, 1.807) is 0 Å². The van der Waals surface area contributed by atoms with Gasteiger partial charge in [0.2, 0.25) is 0 Å². The van der Waals surface area contributed by atoms with Gasteiger partial charge in [-0.25, -0.2) is 0 Å². The molecule has 1 saturated heterocycles. The molecule has 2 nitrogen and oxygen atoms in total. The third-order valence-electron chi connectivity index (χ3n) is 4.19. The molecule has 2 rings (SSSR count). The second-order valence-corrected chi connectivity index (χ2v) is 6.46. The Hall–Kier alpha value is -0.570. The molecule has 118 valence electrons. The quantitative estimate of drug-likeness (QED) is 0.657. The molecule has 0 aromatic heterocycles. The number of hydrogen-bond acceptors (Lipinski definition) is 2. The fraction of sp³-hybridized carbons (Fsp3) is 0.667. The highest BCUT2D eigenvalue weighted by molar-refractivity contribution is 6.31. The largest absolute Gasteiger partial charge is 0.381 e. The average Bonchev–Trinajstić information content (AvgIpc) is 2.51. The number of rotatable bonds is 8. The summed E-state index contributed by atoms with van der Waals surface area (Å²) in [7, 11) is 0. The minimum absolute atomic E-state index is 0.854. The summed E-state index contributed by atoms with van der Waals surface area (Å²) < 4.78 is 5.75. The smallest absolute Gasteiger partial charge is 0.0478 e. The summed E-state index contributed by atoms with van der Waals surface area (Å²) in [6.45, 7) is 7.60. The topological polar surface area (TPSA) is 12.5 Å². The van der Waals surface area contributed by atoms with E-state index < -0.39 is 0 Å². The van der Waals surface area contributed by atoms with E-state index in [1.165, 1.54) is 50.9 Å². The van der Waals surface area contributed by atoms with Gasteiger partial charge < -0.3 is 9.64 Å². The Kier molecular flexibility index (Phi) is 7.56. The normalized spacial score (nSPS) is 16.3. The van der Waals surface area contributed by atoms with Gasteiger partial charge in [0.25, 0.3) is 0 Å². The third kappa shape index (κ3) is 6.37. The molecule has 21 heavy (non-hydrogen) atoms. The molecule has 0 atom stereocenters. The van der Waals surface area contributed by atoms with E-state index in [0.29, 0.717) is 0 Å². The molecule has 0 spiro atoms. The first-order valence-corrected chi connectivity index (χ1v) is 8.68. The van der Waals surface area contributed by atoms with Crippen LogP contribution in [0.25, 0.3) is 0 Å². The Morgan fingerprint density at radius 3 is 2.62 bits per heavy atom. The zero-order valence-corrected chi connectivity index (χ0v) is 14.0. The van der Waals surface area contributed by atoms with Gasteiger partial charge in [0.1, 0.15) is 0 Å². The first-order chi connectivity index (χ1) is 10.3. The van der Waals surface area contributed by atoms with Crippen molar-refractivity contribution in [2.75, 3.05) is 32.8 Å². The average molecular weight is 310 g/mol. The van der Waals surface area contributed by atoms with E-state index in [-0.39, 0.29) is 0 Å². The number of hydrogen-bond donors (Lipinski definition) is 0. The molecule has 0 radical (unpaired) electrons. The molecular weight excluding hydrogens is 282 g/mol. The number of halogens is 1. The second kappa shape index (κ2) is 9.45. The van der Waals surface area contributed by atoms with Crippen LogP contribution in [0.2, 0.25) is 5.02 Å². The summed E-state index contributed by atoms with van der Waals surface area (Å²) in [4.78, 5) is 2.57. The summed E-state index contributed by atoms with van der Waals surface area (Å²) in [5.41, 5.74) is 2.52. The van der Waals surface area contributed by atoms with E-state index in [0.717, 1.165) is 36.6 Å². The molecule has 3 heteroatoms. The van der Waals surface area contributed by atoms with Gasteiger partial charge in [-0.3, -0.25) is 0 Å². The first-order valence-electron chi connectivity index (χ1n) is 8.31. The molecule has 0 unspecified atom stereocenters. The molecular formula is C18H28ClNO. The van der Waals surface area contributed by atoms with Gasteiger partial charge in [0, 0.05) is 24.8 Å². The van der Waals surface area contributed by atoms with E-state index in [4.69, 9.17) is 16.3 Å². The van der Waals surface area contributed by atoms with Crippen LogP contribution < -0.4 is 0 Å². The van der Waals surface area contributed by atoms with Gasteiger partial charge in [-0.1, -0.05) is 30.2 Å². The highest BCUT2D eigenvalue weighted by atomic mass is 35.5. The molecule has 1 aromatic rings. The van der Waals surface area contributed by atoms with E-state index in [1.807, 2.05) is 6.07 Å². The summed E-state index contributed by atoms with van der Waals surface area (Å²) >= 11 is 6.03. The van der Waals surface area contributed by atoms with Crippen molar-refractivity contribution in [2.24, 2.45) is 0 Å². The fourth-order valence-electron chi connectivity index (χ4n) is 2.92. The lowest BCUT2D eigenvalue weighted by Crippen LogP contribution is -2.31. The molecule has 0 amide bonds. The zero-order chi connectivity index (χ0) is 14.9. The lowest BCUT2D eigenvalue weighted by molar-refractivity contribution is 0.115. The standard InChI is InChI=1S/C18H28ClNO/c1-16-15-17(8-9-18(16)19)7-5-13-21-14-6-12-20-10-3-2-4-11-20/h8-9,15H,2-7,10-14H2,1H3. The minimum Gasteiger partial charge on any atom is -0.381 e. The number of nitrogens with zero attached hydrogens (tertiary/aromatic N) is 1. The molecule has 0 N–H and O–H groups in total. The molecule has 1 fully saturated rings. The minimum atomic E-state index is 0.854. The van der Waals surface area contributed by atoms with Crippen LogP contribution in [0.5, 0.6) is 0 Å². The van der Waals surface area contributed by atoms with Crippen LogP contribution in [0.4, 0.5) is 0 Å². The van der Waals surface area contributed by atoms with Crippen molar-refractivity contribution < 1.29 is 4.74 Å². The molecule has 0 aliphatic carbocycles. The Labute approximate surface area is 134 Å². The van der Waals surface area contributed by atoms with E-state index in [9.17, 15) is 0 Å². The lowest BCUT2D eigenvalue weighted by Gasteiger charge is -2.26. The summed E-state index contributed by atoms with van der Waals surface area (Å²) in [6.07, 6.45) is 7.49. The number of piperidine rings is 1. The highest BCUT2D eigenvalue weighted by Gasteiger charge is 2.08. The maximum absolute atomic E-state index is 6.03. The van der Waals surface area contributed by atoms with E-state index >= 15 is 0 Å². The zero-order valence-electron chi connectivity index (χ0n) is 13.2. The van der Waals surface area contributed by atoms with E-state index in [2.05, 4.69) is 24.0 Å². The van der Waals surface area contributed by atoms with Crippen molar-refractivity contribution in [1.29, 1.82) is 0 Å². The Balaban J connectivity index is 1.48. The number of benzene rings is 1. The SMILES string of the molecule is Cc1cc(CCCOCCCN2CCCCC2)ccc1Cl. The predicted octanol–water partition coefficient (Wildman–Crippen LogP) is 4.47. The third-order valence-corrected chi connectivity index (χ3v) is 4.61. The van der Waals surface area contributed by atoms with Crippen molar-refractivity contribution >= 4 is 11.6 Å². The highest BCUT2D eigenvalue weighted by Crippen LogP contribution is 2.17. The summed E-state index contributed by atoms with van der Waals surface area (Å²) in [6, 6.07) is 6.29. The van der Waals surface area contributed by atoms with Crippen molar-refractivity contribution in [1.82, 2.24) is 4.90 Å². The lowest BCUT2D eigenvalue weighted by atomic mass is 10.1. The van der Waals surface area contributed by atoms with Crippen LogP contribution in [-0.2, 0) is 11.2 Å². The first kappa shape index (κ1) is 16.8. The monoisotopic (exact) mass is 309 g/mol. The van der Waals surface area contributed by atoms with Crippen LogP contribution in [0.3, 0.4) is 0 Å². The van der Waals surface area contributed by atoms with Gasteiger partial charge in [-0.15, -0.1) is 0 Å². The number of likely N-dealkylation sites (tertiary alicyclic amines) is 1. The molecule has 1 aliphatic heterocycles. The van der Waals surface area contributed by atoms with Gasteiger partial charge in [0.05, 0.1) is 0 Å². The van der Waals surface area contributed by atoms with Gasteiger partial charge in [0.15, 0.2) is 0 Å². The van der Waals surface area contributed by atoms with Crippen molar-refractivity contribution in [3.8, 4) is 0 Å². The Morgan fingerprint density at radius 1 is 1.10 bits per heavy atom. The van der Waals surface area contributed by atoms with Gasteiger partial charge in [-0.05, 0) is 69.3 Å². The fourth-order valence-corrected chi connectivity index (χ4v) is 3.03. The van der Waals surface area contributed by atoms with Crippen LogP contribution in [-0.4, -0.2) is 37.7 Å². The molecule has 1 heterocycles. The molecule has 0 bridgehead atoms. The Morgan fingerprint density at radius 2 is 1.86 bits per heavy atom. The summed E-state index contributed by atoms with van der Waals surface area (Å²) in [5.74, 6) is 0. The molecule has 0 saturated carbocycles. The maximum Gasteiger partial charge on any atom is 0.0478 e. The van der Waals surface area contributed by atoms with Crippen molar-refractivity contribution in [2.45, 2.75) is 45.4 Å². The predicted molar refractivity (Wildman–Crippen MR) is 90.2 cm³/mol. The van der Waals surface area contributed by atoms with Gasteiger partial charge in [-0.2, -0.15) is 0 Å². The molecule has 1 aromatic carbocycles. The second-order valence-electron chi connectivity index (χ2n) is 6.06. The Bertz CT molecular complexity index is 416. The van der Waals surface area contributed by atoms with Crippen molar-refractivity contribution in [3.63, 3.8) is 0 Å². The van der Waals surface area contributed by atoms with Crippen LogP contribution in [0.15, 0.2) is 18.2 Å². The number of aryl methyl sites for hydroxylation is 2. The molecule has 1 aliphatic rings. The number of ether oxygens (including phenoxy) is 1. The maximum atomic E-state index is 6.03. The van der Waals surface area contributed by atoms with Crippen molar-refractivity contribution in [3.05, 3.63) is 34.3 Å². The summed E-state index contributed by atoms with van der Waals surface area (Å²) in [5, 5.41) is 0.854. The van der Waals surface area contributed by atoms with Gasteiger partial charge >= 0.3 is 0 Å². The van der Waals surface area contributed by atoms with Crippen LogP contribution in [0, 0.1) is 6.92 Å². The van der Waals surface area contributed by atoms with Crippen LogP contribution in [0.1, 0.15) is 43.2 Å².